The van der Waals surface area contributed by atoms with Crippen LogP contribution in [-0.4, -0.2) is 31.1 Å². The van der Waals surface area contributed by atoms with Crippen LogP contribution in [0.5, 0.6) is 0 Å². The largest absolute Gasteiger partial charge is 0.330 e. The highest BCUT2D eigenvalue weighted by molar-refractivity contribution is 4.90. The molecule has 1 aliphatic rings. The zero-order chi connectivity index (χ0) is 14.3. The third-order valence-electron chi connectivity index (χ3n) is 4.30. The summed E-state index contributed by atoms with van der Waals surface area (Å²) in [6.07, 6.45) is 11.9. The Morgan fingerprint density at radius 3 is 2.47 bits per heavy atom. The molecular weight excluding hydrogens is 232 g/mol. The van der Waals surface area contributed by atoms with Crippen molar-refractivity contribution in [1.82, 2.24) is 4.90 Å². The Balaban J connectivity index is 2.29. The van der Waals surface area contributed by atoms with Crippen molar-refractivity contribution >= 4 is 0 Å². The molecule has 0 aromatic carbocycles. The minimum Gasteiger partial charge on any atom is -0.330 e. The monoisotopic (exact) mass is 264 g/mol. The van der Waals surface area contributed by atoms with Crippen molar-refractivity contribution in [2.75, 3.05) is 26.2 Å². The zero-order valence-corrected chi connectivity index (χ0v) is 13.1. The predicted octanol–water partition coefficient (Wildman–Crippen LogP) is 3.12. The molecule has 19 heavy (non-hydrogen) atoms. The van der Waals surface area contributed by atoms with Crippen molar-refractivity contribution in [3.05, 3.63) is 0 Å². The number of terminal acetylenes is 1. The van der Waals surface area contributed by atoms with E-state index in [2.05, 4.69) is 31.6 Å². The van der Waals surface area contributed by atoms with E-state index >= 15 is 0 Å². The highest BCUT2D eigenvalue weighted by Gasteiger charge is 2.25. The maximum Gasteiger partial charge on any atom is 0.0599 e. The van der Waals surface area contributed by atoms with Crippen molar-refractivity contribution < 1.29 is 0 Å². The Hall–Kier alpha value is -0.520. The standard InChI is InChI=1S/C17H32N2/c1-5-12-19(14-15-8-9-15)13-6-7-16(10-11-18)17(2,3)4/h1,15-16H,6-14,18H2,2-4H3. The normalized spacial score (nSPS) is 17.5. The molecule has 1 aliphatic carbocycles. The summed E-state index contributed by atoms with van der Waals surface area (Å²) in [7, 11) is 0. The van der Waals surface area contributed by atoms with E-state index in [4.69, 9.17) is 12.2 Å². The molecule has 0 saturated heterocycles. The SMILES string of the molecule is C#CCN(CCCC(CCN)C(C)(C)C)CC1CC1. The number of hydrogen-bond acceptors (Lipinski definition) is 2. The van der Waals surface area contributed by atoms with Gasteiger partial charge in [0, 0.05) is 6.54 Å². The smallest absolute Gasteiger partial charge is 0.0599 e. The topological polar surface area (TPSA) is 29.3 Å². The second kappa shape index (κ2) is 7.92. The van der Waals surface area contributed by atoms with Gasteiger partial charge in [0.1, 0.15) is 0 Å². The van der Waals surface area contributed by atoms with Crippen molar-refractivity contribution in [1.29, 1.82) is 0 Å². The lowest BCUT2D eigenvalue weighted by Crippen LogP contribution is -2.29. The summed E-state index contributed by atoms with van der Waals surface area (Å²) < 4.78 is 0. The van der Waals surface area contributed by atoms with E-state index < -0.39 is 0 Å². The van der Waals surface area contributed by atoms with Crippen LogP contribution in [-0.2, 0) is 0 Å². The second-order valence-corrected chi connectivity index (χ2v) is 7.17. The Kier molecular flexibility index (Phi) is 6.89. The minimum absolute atomic E-state index is 0.368. The van der Waals surface area contributed by atoms with Crippen LogP contribution in [0.4, 0.5) is 0 Å². The Morgan fingerprint density at radius 2 is 2.00 bits per heavy atom. The van der Waals surface area contributed by atoms with Gasteiger partial charge in [-0.1, -0.05) is 26.7 Å². The van der Waals surface area contributed by atoms with Gasteiger partial charge in [0.2, 0.25) is 0 Å². The van der Waals surface area contributed by atoms with Crippen molar-refractivity contribution in [3.63, 3.8) is 0 Å². The first kappa shape index (κ1) is 16.5. The van der Waals surface area contributed by atoms with Gasteiger partial charge in [0.05, 0.1) is 6.54 Å². The maximum atomic E-state index is 5.74. The molecule has 0 heterocycles. The van der Waals surface area contributed by atoms with Crippen LogP contribution < -0.4 is 5.73 Å². The Labute approximate surface area is 120 Å². The molecule has 0 aromatic rings. The third kappa shape index (κ3) is 6.99. The molecule has 0 radical (unpaired) electrons. The molecule has 2 nitrogen and oxygen atoms in total. The first-order valence-corrected chi connectivity index (χ1v) is 7.83. The van der Waals surface area contributed by atoms with Gasteiger partial charge < -0.3 is 5.73 Å². The molecule has 0 aliphatic heterocycles. The summed E-state index contributed by atoms with van der Waals surface area (Å²) in [6.45, 7) is 11.0. The quantitative estimate of drug-likeness (QED) is 0.648. The zero-order valence-electron chi connectivity index (χ0n) is 13.1. The van der Waals surface area contributed by atoms with Crippen LogP contribution in [0.15, 0.2) is 0 Å². The molecule has 1 unspecified atom stereocenters. The molecular formula is C17H32N2. The van der Waals surface area contributed by atoms with Crippen molar-refractivity contribution in [2.45, 2.75) is 52.9 Å². The average Bonchev–Trinajstić information content (AvgIpc) is 3.10. The molecule has 110 valence electrons. The number of nitrogens with zero attached hydrogens (tertiary/aromatic N) is 1. The number of hydrogen-bond donors (Lipinski definition) is 1. The van der Waals surface area contributed by atoms with E-state index in [0.717, 1.165) is 37.9 Å². The van der Waals surface area contributed by atoms with Crippen LogP contribution in [0.25, 0.3) is 0 Å². The fourth-order valence-corrected chi connectivity index (χ4v) is 2.80. The highest BCUT2D eigenvalue weighted by atomic mass is 15.1. The van der Waals surface area contributed by atoms with E-state index in [0.29, 0.717) is 5.41 Å². The molecule has 0 spiro atoms. The van der Waals surface area contributed by atoms with Gasteiger partial charge in [-0.3, -0.25) is 4.90 Å². The van der Waals surface area contributed by atoms with Crippen LogP contribution in [0.3, 0.4) is 0 Å². The summed E-state index contributed by atoms with van der Waals surface area (Å²) >= 11 is 0. The lowest BCUT2D eigenvalue weighted by atomic mass is 9.76. The second-order valence-electron chi connectivity index (χ2n) is 7.17. The number of rotatable bonds is 9. The van der Waals surface area contributed by atoms with Gasteiger partial charge in [-0.25, -0.2) is 0 Å². The van der Waals surface area contributed by atoms with E-state index in [-0.39, 0.29) is 0 Å². The number of nitrogens with two attached hydrogens (primary N) is 1. The molecule has 2 N–H and O–H groups in total. The van der Waals surface area contributed by atoms with Crippen LogP contribution in [0, 0.1) is 29.6 Å². The Bertz CT molecular complexity index is 281. The van der Waals surface area contributed by atoms with Gasteiger partial charge in [-0.2, -0.15) is 0 Å². The maximum absolute atomic E-state index is 5.74. The molecule has 1 rings (SSSR count). The summed E-state index contributed by atoms with van der Waals surface area (Å²) in [5, 5.41) is 0. The molecule has 2 heteroatoms. The summed E-state index contributed by atoms with van der Waals surface area (Å²) in [6, 6.07) is 0. The van der Waals surface area contributed by atoms with Gasteiger partial charge in [-0.05, 0) is 62.4 Å². The van der Waals surface area contributed by atoms with Crippen LogP contribution >= 0.6 is 0 Å². The minimum atomic E-state index is 0.368. The van der Waals surface area contributed by atoms with Crippen LogP contribution in [0.1, 0.15) is 52.9 Å². The fourth-order valence-electron chi connectivity index (χ4n) is 2.80. The lowest BCUT2D eigenvalue weighted by molar-refractivity contribution is 0.196. The van der Waals surface area contributed by atoms with E-state index in [1.807, 2.05) is 0 Å². The highest BCUT2D eigenvalue weighted by Crippen LogP contribution is 2.33. The lowest BCUT2D eigenvalue weighted by Gasteiger charge is -2.31. The molecule has 0 aromatic heterocycles. The van der Waals surface area contributed by atoms with Gasteiger partial charge >= 0.3 is 0 Å². The molecule has 1 fully saturated rings. The summed E-state index contributed by atoms with van der Waals surface area (Å²) in [5.41, 5.74) is 6.11. The first-order chi connectivity index (χ1) is 8.97. The van der Waals surface area contributed by atoms with Gasteiger partial charge in [0.15, 0.2) is 0 Å². The predicted molar refractivity (Wildman–Crippen MR) is 83.8 cm³/mol. The van der Waals surface area contributed by atoms with E-state index in [9.17, 15) is 0 Å². The first-order valence-electron chi connectivity index (χ1n) is 7.83. The molecule has 1 saturated carbocycles. The van der Waals surface area contributed by atoms with Gasteiger partial charge in [-0.15, -0.1) is 6.42 Å². The van der Waals surface area contributed by atoms with Crippen LogP contribution in [0.2, 0.25) is 0 Å². The molecule has 1 atom stereocenters. The Morgan fingerprint density at radius 1 is 1.32 bits per heavy atom. The summed E-state index contributed by atoms with van der Waals surface area (Å²) in [5.74, 6) is 4.45. The van der Waals surface area contributed by atoms with E-state index in [1.165, 1.54) is 32.2 Å². The fraction of sp³-hybridized carbons (Fsp3) is 0.882. The summed E-state index contributed by atoms with van der Waals surface area (Å²) in [4.78, 5) is 2.46. The van der Waals surface area contributed by atoms with Crippen molar-refractivity contribution in [2.24, 2.45) is 23.0 Å². The molecule has 0 bridgehead atoms. The van der Waals surface area contributed by atoms with E-state index in [1.54, 1.807) is 0 Å². The van der Waals surface area contributed by atoms with Gasteiger partial charge in [0.25, 0.3) is 0 Å². The third-order valence-corrected chi connectivity index (χ3v) is 4.30. The van der Waals surface area contributed by atoms with Crippen molar-refractivity contribution in [3.8, 4) is 12.3 Å². The molecule has 0 amide bonds. The average molecular weight is 264 g/mol.